The molecule has 4 aromatic carbocycles. The van der Waals surface area contributed by atoms with Crippen molar-refractivity contribution >= 4 is 39.8 Å². The fraction of sp³-hybridized carbons (Fsp3) is 0.129. The number of nitrogens with one attached hydrogen (secondary N) is 2. The molecule has 0 saturated carbocycles. The third kappa shape index (κ3) is 6.12. The Morgan fingerprint density at radius 3 is 2.34 bits per heavy atom. The van der Waals surface area contributed by atoms with Crippen LogP contribution < -0.4 is 16.6 Å². The number of carbonyl (C=O) groups excluding carboxylic acids is 1. The number of anilines is 2. The zero-order chi connectivity index (χ0) is 26.3. The number of fused-ring (bicyclic) bond motifs is 1. The minimum absolute atomic E-state index is 0.0433. The minimum atomic E-state index is -0.182. The number of rotatable bonds is 9. The predicted molar refractivity (Wildman–Crippen MR) is 157 cm³/mol. The van der Waals surface area contributed by atoms with Crippen molar-refractivity contribution in [3.63, 3.8) is 0 Å². The number of aromatic amines is 1. The Morgan fingerprint density at radius 1 is 0.842 bits per heavy atom. The fourth-order valence-electron chi connectivity index (χ4n) is 4.36. The van der Waals surface area contributed by atoms with Gasteiger partial charge in [0.25, 0.3) is 5.56 Å². The number of H-pyrrole nitrogens is 1. The summed E-state index contributed by atoms with van der Waals surface area (Å²) < 4.78 is 0. The van der Waals surface area contributed by atoms with Gasteiger partial charge in [-0.05, 0) is 41.5 Å². The van der Waals surface area contributed by atoms with Gasteiger partial charge >= 0.3 is 0 Å². The lowest BCUT2D eigenvalue weighted by Crippen LogP contribution is -2.12. The number of carbonyl (C=O) groups is 1. The van der Waals surface area contributed by atoms with Crippen LogP contribution in [0.1, 0.15) is 19.3 Å². The monoisotopic (exact) mass is 520 g/mol. The molecule has 38 heavy (non-hydrogen) atoms. The highest BCUT2D eigenvalue weighted by molar-refractivity contribution is 7.99. The van der Waals surface area contributed by atoms with Gasteiger partial charge in [0.1, 0.15) is 0 Å². The SMILES string of the molecule is Nc1cccc2cccc(NC(=O)CCCCSc3nc(-c4ccc(-c5ccccc5)cc4)cc(=O)[nH]3)c12. The zero-order valence-corrected chi connectivity index (χ0v) is 21.6. The van der Waals surface area contributed by atoms with Crippen LogP contribution >= 0.6 is 11.8 Å². The number of nitrogens with two attached hydrogens (primary N) is 1. The number of hydrogen-bond donors (Lipinski definition) is 3. The first-order valence-corrected chi connectivity index (χ1v) is 13.5. The molecule has 6 nitrogen and oxygen atoms in total. The highest BCUT2D eigenvalue weighted by atomic mass is 32.2. The van der Waals surface area contributed by atoms with Gasteiger partial charge in [0, 0.05) is 34.9 Å². The van der Waals surface area contributed by atoms with Gasteiger partial charge in [-0.15, -0.1) is 0 Å². The van der Waals surface area contributed by atoms with Gasteiger partial charge in [-0.25, -0.2) is 4.98 Å². The van der Waals surface area contributed by atoms with E-state index in [0.29, 0.717) is 23.0 Å². The van der Waals surface area contributed by atoms with Crippen molar-refractivity contribution in [1.29, 1.82) is 0 Å². The molecule has 0 aliphatic rings. The zero-order valence-electron chi connectivity index (χ0n) is 20.8. The first kappa shape index (κ1) is 25.3. The molecular weight excluding hydrogens is 492 g/mol. The maximum absolute atomic E-state index is 12.5. The third-order valence-electron chi connectivity index (χ3n) is 6.26. The van der Waals surface area contributed by atoms with Gasteiger partial charge in [0.15, 0.2) is 5.16 Å². The number of benzene rings is 4. The van der Waals surface area contributed by atoms with E-state index in [4.69, 9.17) is 5.73 Å². The van der Waals surface area contributed by atoms with Gasteiger partial charge in [0.2, 0.25) is 5.91 Å². The van der Waals surface area contributed by atoms with Crippen LogP contribution in [0.25, 0.3) is 33.2 Å². The number of nitrogens with zero attached hydrogens (tertiary/aromatic N) is 1. The smallest absolute Gasteiger partial charge is 0.252 e. The van der Waals surface area contributed by atoms with Crippen molar-refractivity contribution in [3.8, 4) is 22.4 Å². The van der Waals surface area contributed by atoms with E-state index in [2.05, 4.69) is 27.4 Å². The van der Waals surface area contributed by atoms with Gasteiger partial charge in [0.05, 0.1) is 11.4 Å². The third-order valence-corrected chi connectivity index (χ3v) is 7.22. The van der Waals surface area contributed by atoms with Gasteiger partial charge in [-0.2, -0.15) is 0 Å². The van der Waals surface area contributed by atoms with E-state index >= 15 is 0 Å². The number of amides is 1. The van der Waals surface area contributed by atoms with Crippen LogP contribution in [0.5, 0.6) is 0 Å². The van der Waals surface area contributed by atoms with Crippen molar-refractivity contribution in [2.45, 2.75) is 24.4 Å². The summed E-state index contributed by atoms with van der Waals surface area (Å²) in [4.78, 5) is 32.3. The van der Waals surface area contributed by atoms with Gasteiger partial charge < -0.3 is 16.0 Å². The summed E-state index contributed by atoms with van der Waals surface area (Å²) in [6.45, 7) is 0. The molecule has 5 rings (SSSR count). The molecule has 0 radical (unpaired) electrons. The van der Waals surface area contributed by atoms with Crippen LogP contribution in [0, 0.1) is 0 Å². The summed E-state index contributed by atoms with van der Waals surface area (Å²) in [5, 5.41) is 5.43. The second kappa shape index (κ2) is 11.8. The van der Waals surface area contributed by atoms with E-state index in [-0.39, 0.29) is 11.5 Å². The molecule has 0 bridgehead atoms. The molecule has 0 fully saturated rings. The van der Waals surface area contributed by atoms with Crippen LogP contribution in [-0.4, -0.2) is 21.6 Å². The van der Waals surface area contributed by atoms with E-state index in [1.165, 1.54) is 17.8 Å². The van der Waals surface area contributed by atoms with Crippen molar-refractivity contribution in [2.75, 3.05) is 16.8 Å². The standard InChI is InChI=1S/C31H28N4O2S/c32-25-12-6-10-24-11-7-13-26(30(24)25)33-28(36)14-4-5-19-38-31-34-27(20-29(37)35-31)23-17-15-22(16-18-23)21-8-2-1-3-9-21/h1-3,6-13,15-18,20H,4-5,14,19,32H2,(H,33,36)(H,34,35,37). The summed E-state index contributed by atoms with van der Waals surface area (Å²) in [5.74, 6) is 0.701. The van der Waals surface area contributed by atoms with Crippen molar-refractivity contribution < 1.29 is 4.79 Å². The van der Waals surface area contributed by atoms with Crippen LogP contribution in [-0.2, 0) is 4.79 Å². The quantitative estimate of drug-likeness (QED) is 0.0865. The lowest BCUT2D eigenvalue weighted by Gasteiger charge is -2.10. The molecule has 5 aromatic rings. The predicted octanol–water partition coefficient (Wildman–Crippen LogP) is 6.74. The summed E-state index contributed by atoms with van der Waals surface area (Å²) >= 11 is 1.49. The molecule has 1 aromatic heterocycles. The summed E-state index contributed by atoms with van der Waals surface area (Å²) in [6.07, 6.45) is 1.95. The van der Waals surface area contributed by atoms with Gasteiger partial charge in [-0.1, -0.05) is 90.6 Å². The normalized spacial score (nSPS) is 10.9. The number of hydrogen-bond acceptors (Lipinski definition) is 5. The molecule has 7 heteroatoms. The molecular formula is C31H28N4O2S. The van der Waals surface area contributed by atoms with E-state index < -0.39 is 0 Å². The average molecular weight is 521 g/mol. The highest BCUT2D eigenvalue weighted by Gasteiger charge is 2.09. The number of nitrogen functional groups attached to an aromatic ring is 1. The Hall–Kier alpha value is -4.36. The Morgan fingerprint density at radius 2 is 1.55 bits per heavy atom. The first-order chi connectivity index (χ1) is 18.6. The maximum atomic E-state index is 12.5. The maximum Gasteiger partial charge on any atom is 0.252 e. The van der Waals surface area contributed by atoms with E-state index in [1.807, 2.05) is 78.9 Å². The second-order valence-electron chi connectivity index (χ2n) is 8.98. The summed E-state index contributed by atoms with van der Waals surface area (Å²) in [6, 6.07) is 31.2. The molecule has 0 saturated heterocycles. The Kier molecular flexibility index (Phi) is 7.85. The highest BCUT2D eigenvalue weighted by Crippen LogP contribution is 2.29. The Bertz CT molecular complexity index is 1610. The molecule has 0 aliphatic heterocycles. The Balaban J connectivity index is 1.14. The van der Waals surface area contributed by atoms with E-state index in [9.17, 15) is 9.59 Å². The van der Waals surface area contributed by atoms with E-state index in [0.717, 1.165) is 51.7 Å². The molecule has 0 unspecified atom stereocenters. The van der Waals surface area contributed by atoms with Crippen LogP contribution in [0.3, 0.4) is 0 Å². The number of unbranched alkanes of at least 4 members (excludes halogenated alkanes) is 1. The van der Waals surface area contributed by atoms with E-state index in [1.54, 1.807) is 0 Å². The molecule has 1 amide bonds. The summed E-state index contributed by atoms with van der Waals surface area (Å²) in [7, 11) is 0. The molecule has 0 atom stereocenters. The lowest BCUT2D eigenvalue weighted by molar-refractivity contribution is -0.116. The molecule has 0 spiro atoms. The largest absolute Gasteiger partial charge is 0.398 e. The summed E-state index contributed by atoms with van der Waals surface area (Å²) in [5.41, 5.74) is 11.1. The van der Waals surface area contributed by atoms with Crippen molar-refractivity contribution in [2.24, 2.45) is 0 Å². The van der Waals surface area contributed by atoms with Crippen LogP contribution in [0.2, 0.25) is 0 Å². The molecule has 0 aliphatic carbocycles. The minimum Gasteiger partial charge on any atom is -0.398 e. The molecule has 4 N–H and O–H groups in total. The van der Waals surface area contributed by atoms with Crippen molar-refractivity contribution in [1.82, 2.24) is 9.97 Å². The topological polar surface area (TPSA) is 101 Å². The Labute approximate surface area is 225 Å². The second-order valence-corrected chi connectivity index (χ2v) is 10.1. The lowest BCUT2D eigenvalue weighted by atomic mass is 10.0. The van der Waals surface area contributed by atoms with Crippen LogP contribution in [0.15, 0.2) is 107 Å². The number of aromatic nitrogens is 2. The molecule has 1 heterocycles. The van der Waals surface area contributed by atoms with Crippen LogP contribution in [0.4, 0.5) is 11.4 Å². The molecule has 190 valence electrons. The average Bonchev–Trinajstić information content (AvgIpc) is 2.93. The van der Waals surface area contributed by atoms with Gasteiger partial charge in [-0.3, -0.25) is 9.59 Å². The number of thioether (sulfide) groups is 1. The first-order valence-electron chi connectivity index (χ1n) is 12.5. The van der Waals surface area contributed by atoms with Crippen molar-refractivity contribution in [3.05, 3.63) is 107 Å². The fourth-order valence-corrected chi connectivity index (χ4v) is 5.24.